The van der Waals surface area contributed by atoms with Crippen molar-refractivity contribution in [2.45, 2.75) is 42.8 Å². The van der Waals surface area contributed by atoms with Gasteiger partial charge < -0.3 is 15.1 Å². The van der Waals surface area contributed by atoms with E-state index < -0.39 is 4.75 Å². The molecule has 6 heteroatoms. The summed E-state index contributed by atoms with van der Waals surface area (Å²) in [6.07, 6.45) is 3.78. The molecule has 0 spiro atoms. The van der Waals surface area contributed by atoms with Crippen LogP contribution in [0.4, 0.5) is 5.69 Å². The van der Waals surface area contributed by atoms with Crippen LogP contribution in [0.3, 0.4) is 0 Å². The molecule has 0 saturated carbocycles. The molecule has 1 fully saturated rings. The predicted octanol–water partition coefficient (Wildman–Crippen LogP) is 2.51. The molecule has 3 rings (SSSR count). The summed E-state index contributed by atoms with van der Waals surface area (Å²) in [5, 5.41) is 3.00. The molecule has 2 aliphatic heterocycles. The Morgan fingerprint density at radius 2 is 1.96 bits per heavy atom. The van der Waals surface area contributed by atoms with Crippen molar-refractivity contribution in [2.24, 2.45) is 0 Å². The van der Waals surface area contributed by atoms with Gasteiger partial charge in [0.2, 0.25) is 5.91 Å². The topological polar surface area (TPSA) is 52.7 Å². The summed E-state index contributed by atoms with van der Waals surface area (Å²) in [5.41, 5.74) is 0.901. The van der Waals surface area contributed by atoms with Crippen molar-refractivity contribution < 1.29 is 9.59 Å². The van der Waals surface area contributed by atoms with Crippen LogP contribution in [-0.4, -0.2) is 54.2 Å². The molecule has 136 valence electrons. The van der Waals surface area contributed by atoms with Crippen molar-refractivity contribution in [2.75, 3.05) is 37.6 Å². The number of thioether (sulfide) groups is 1. The molecule has 1 aromatic carbocycles. The number of hydrogen-bond donors (Lipinski definition) is 1. The molecule has 0 bridgehead atoms. The minimum atomic E-state index is -1.10. The lowest BCUT2D eigenvalue weighted by molar-refractivity contribution is -0.131. The first-order chi connectivity index (χ1) is 12.1. The minimum Gasteiger partial charge on any atom is -0.353 e. The Bertz CT molecular complexity index is 645. The molecule has 2 heterocycles. The molecule has 1 aromatic rings. The third-order valence-corrected chi connectivity index (χ3v) is 6.37. The monoisotopic (exact) mass is 361 g/mol. The highest BCUT2D eigenvalue weighted by atomic mass is 32.2. The second kappa shape index (κ2) is 7.79. The second-order valence-corrected chi connectivity index (χ2v) is 8.27. The van der Waals surface area contributed by atoms with Gasteiger partial charge in [-0.2, -0.15) is 0 Å². The molecule has 2 aliphatic rings. The maximum Gasteiger partial charge on any atom is 0.252 e. The summed E-state index contributed by atoms with van der Waals surface area (Å²) >= 11 is 1.36. The summed E-state index contributed by atoms with van der Waals surface area (Å²) in [7, 11) is 0. The van der Waals surface area contributed by atoms with Gasteiger partial charge in [-0.1, -0.05) is 30.3 Å². The van der Waals surface area contributed by atoms with Crippen LogP contribution in [0.2, 0.25) is 0 Å². The van der Waals surface area contributed by atoms with Crippen LogP contribution < -0.4 is 10.2 Å². The molecule has 0 radical (unpaired) electrons. The van der Waals surface area contributed by atoms with Gasteiger partial charge in [0.1, 0.15) is 0 Å². The number of piperidine rings is 1. The van der Waals surface area contributed by atoms with Crippen LogP contribution in [0.5, 0.6) is 0 Å². The number of fused-ring (bicyclic) bond motifs is 1. The first-order valence-corrected chi connectivity index (χ1v) is 9.98. The molecule has 5 nitrogen and oxygen atoms in total. The lowest BCUT2D eigenvalue weighted by Crippen LogP contribution is -2.57. The third-order valence-electron chi connectivity index (χ3n) is 5.04. The van der Waals surface area contributed by atoms with E-state index in [0.29, 0.717) is 13.1 Å². The van der Waals surface area contributed by atoms with Crippen LogP contribution in [0.25, 0.3) is 0 Å². The van der Waals surface area contributed by atoms with Crippen LogP contribution in [0.1, 0.15) is 33.1 Å². The van der Waals surface area contributed by atoms with Crippen LogP contribution in [-0.2, 0) is 9.59 Å². The van der Waals surface area contributed by atoms with Gasteiger partial charge in [-0.3, -0.25) is 9.59 Å². The molecule has 0 aliphatic carbocycles. The lowest BCUT2D eigenvalue weighted by Gasteiger charge is -2.38. The molecule has 1 unspecified atom stereocenters. The van der Waals surface area contributed by atoms with E-state index in [4.69, 9.17) is 0 Å². The number of nitrogens with one attached hydrogen (secondary N) is 1. The lowest BCUT2D eigenvalue weighted by atomic mass is 10.1. The maximum atomic E-state index is 13.0. The molecule has 2 amide bonds. The van der Waals surface area contributed by atoms with E-state index in [1.54, 1.807) is 11.8 Å². The van der Waals surface area contributed by atoms with Gasteiger partial charge in [-0.15, -0.1) is 0 Å². The number of hydrogen-bond acceptors (Lipinski definition) is 4. The van der Waals surface area contributed by atoms with Crippen molar-refractivity contribution >= 4 is 29.3 Å². The van der Waals surface area contributed by atoms with Gasteiger partial charge in [0, 0.05) is 24.5 Å². The second-order valence-electron chi connectivity index (χ2n) is 6.81. The summed E-state index contributed by atoms with van der Waals surface area (Å²) in [5.74, 6) is -0.318. The Morgan fingerprint density at radius 3 is 2.68 bits per heavy atom. The number of carbonyl (C=O) groups excluding carboxylic acids is 2. The fourth-order valence-electron chi connectivity index (χ4n) is 3.53. The average Bonchev–Trinajstić information content (AvgIpc) is 2.63. The fourth-order valence-corrected chi connectivity index (χ4v) is 4.77. The van der Waals surface area contributed by atoms with Crippen molar-refractivity contribution in [3.8, 4) is 0 Å². The highest BCUT2D eigenvalue weighted by Gasteiger charge is 2.48. The van der Waals surface area contributed by atoms with Gasteiger partial charge >= 0.3 is 0 Å². The van der Waals surface area contributed by atoms with Crippen LogP contribution in [0.15, 0.2) is 29.2 Å². The summed E-state index contributed by atoms with van der Waals surface area (Å²) < 4.78 is -1.10. The van der Waals surface area contributed by atoms with Gasteiger partial charge in [-0.25, -0.2) is 0 Å². The van der Waals surface area contributed by atoms with Crippen molar-refractivity contribution in [1.29, 1.82) is 0 Å². The molecule has 1 saturated heterocycles. The highest BCUT2D eigenvalue weighted by molar-refractivity contribution is 8.02. The van der Waals surface area contributed by atoms with Crippen molar-refractivity contribution in [3.05, 3.63) is 24.3 Å². The van der Waals surface area contributed by atoms with E-state index in [2.05, 4.69) is 10.2 Å². The van der Waals surface area contributed by atoms with Crippen LogP contribution >= 0.6 is 11.8 Å². The Labute approximate surface area is 154 Å². The quantitative estimate of drug-likeness (QED) is 0.819. The zero-order chi connectivity index (χ0) is 17.9. The van der Waals surface area contributed by atoms with E-state index in [-0.39, 0.29) is 11.8 Å². The number of anilines is 1. The van der Waals surface area contributed by atoms with Gasteiger partial charge in [0.25, 0.3) is 5.91 Å². The smallest absolute Gasteiger partial charge is 0.252 e. The zero-order valence-corrected chi connectivity index (χ0v) is 15.9. The molecule has 25 heavy (non-hydrogen) atoms. The van der Waals surface area contributed by atoms with E-state index >= 15 is 0 Å². The zero-order valence-electron chi connectivity index (χ0n) is 15.1. The number of rotatable bonds is 5. The average molecular weight is 362 g/mol. The van der Waals surface area contributed by atoms with Gasteiger partial charge in [-0.05, 0) is 51.9 Å². The SMILES string of the molecule is CCN1C(=O)C(C)(C(=O)NCCN2CCCCC2)Sc2ccccc21. The molecular formula is C19H27N3O2S. The molecule has 1 N–H and O–H groups in total. The molecular weight excluding hydrogens is 334 g/mol. The standard InChI is InChI=1S/C19H27N3O2S/c1-3-22-15-9-5-6-10-16(15)25-19(2,18(22)24)17(23)20-11-14-21-12-7-4-8-13-21/h5-6,9-10H,3-4,7-8,11-14H2,1-2H3,(H,20,23). The Hall–Kier alpha value is -1.53. The maximum absolute atomic E-state index is 13.0. The minimum absolute atomic E-state index is 0.130. The normalized spacial score (nSPS) is 24.1. The number of benzene rings is 1. The molecule has 0 aromatic heterocycles. The van der Waals surface area contributed by atoms with Crippen molar-refractivity contribution in [3.63, 3.8) is 0 Å². The largest absolute Gasteiger partial charge is 0.353 e. The third kappa shape index (κ3) is 3.70. The number of likely N-dealkylation sites (tertiary alicyclic amines) is 1. The number of para-hydroxylation sites is 1. The van der Waals surface area contributed by atoms with Crippen molar-refractivity contribution in [1.82, 2.24) is 10.2 Å². The summed E-state index contributed by atoms with van der Waals surface area (Å²) in [6.45, 7) is 7.92. The van der Waals surface area contributed by atoms with E-state index in [1.807, 2.05) is 31.2 Å². The Kier molecular flexibility index (Phi) is 5.69. The van der Waals surface area contributed by atoms with Gasteiger partial charge in [0.05, 0.1) is 5.69 Å². The number of carbonyl (C=O) groups is 2. The van der Waals surface area contributed by atoms with E-state index in [9.17, 15) is 9.59 Å². The molecule has 1 atom stereocenters. The predicted molar refractivity (Wildman–Crippen MR) is 102 cm³/mol. The number of amides is 2. The summed E-state index contributed by atoms with van der Waals surface area (Å²) in [6, 6.07) is 7.80. The first-order valence-electron chi connectivity index (χ1n) is 9.17. The Balaban J connectivity index is 1.67. The van der Waals surface area contributed by atoms with E-state index in [1.165, 1.54) is 31.0 Å². The van der Waals surface area contributed by atoms with Gasteiger partial charge in [0.15, 0.2) is 4.75 Å². The summed E-state index contributed by atoms with van der Waals surface area (Å²) in [4.78, 5) is 30.9. The first kappa shape index (κ1) is 18.3. The van der Waals surface area contributed by atoms with E-state index in [0.717, 1.165) is 30.2 Å². The fraction of sp³-hybridized carbons (Fsp3) is 0.579. The number of nitrogens with zero attached hydrogens (tertiary/aromatic N) is 2. The Morgan fingerprint density at radius 1 is 1.24 bits per heavy atom. The highest BCUT2D eigenvalue weighted by Crippen LogP contribution is 2.45. The van der Waals surface area contributed by atoms with Crippen LogP contribution in [0, 0.1) is 0 Å².